The van der Waals surface area contributed by atoms with E-state index >= 15 is 0 Å². The molecule has 0 bridgehead atoms. The van der Waals surface area contributed by atoms with Crippen LogP contribution in [0.3, 0.4) is 0 Å². The van der Waals surface area contributed by atoms with E-state index in [4.69, 9.17) is 9.47 Å². The lowest BCUT2D eigenvalue weighted by molar-refractivity contribution is -0.0107. The Morgan fingerprint density at radius 1 is 1.20 bits per heavy atom. The summed E-state index contributed by atoms with van der Waals surface area (Å²) in [6.45, 7) is 6.16. The molecule has 0 aromatic carbocycles. The number of aliphatic hydroxyl groups excluding tert-OH is 1. The number of hydrogen-bond acceptors (Lipinski definition) is 5. The molecule has 0 aromatic heterocycles. The number of rotatable bonds is 10. The van der Waals surface area contributed by atoms with Crippen LogP contribution in [0.5, 0.6) is 0 Å². The zero-order valence-corrected chi connectivity index (χ0v) is 14.0. The quantitative estimate of drug-likeness (QED) is 0.605. The second kappa shape index (κ2) is 10.9. The molecule has 0 radical (unpaired) electrons. The first-order valence-corrected chi connectivity index (χ1v) is 9.04. The minimum Gasteiger partial charge on any atom is -0.389 e. The zero-order valence-electron chi connectivity index (χ0n) is 13.1. The molecule has 20 heavy (non-hydrogen) atoms. The highest BCUT2D eigenvalue weighted by Gasteiger charge is 2.20. The minimum absolute atomic E-state index is 0.238. The summed E-state index contributed by atoms with van der Waals surface area (Å²) < 4.78 is 10.8. The molecule has 0 aromatic rings. The number of nitrogens with one attached hydrogen (secondary N) is 1. The van der Waals surface area contributed by atoms with Crippen LogP contribution in [0.1, 0.15) is 39.5 Å². The van der Waals surface area contributed by atoms with Crippen molar-refractivity contribution < 1.29 is 14.6 Å². The average molecular weight is 305 g/mol. The van der Waals surface area contributed by atoms with Crippen LogP contribution in [0.15, 0.2) is 0 Å². The number of aliphatic hydroxyl groups is 1. The molecule has 1 fully saturated rings. The van der Waals surface area contributed by atoms with E-state index in [2.05, 4.69) is 11.6 Å². The van der Waals surface area contributed by atoms with Crippen LogP contribution >= 0.6 is 11.8 Å². The van der Waals surface area contributed by atoms with Crippen molar-refractivity contribution >= 4 is 11.8 Å². The summed E-state index contributed by atoms with van der Waals surface area (Å²) in [6.07, 6.45) is 7.04. The molecule has 0 amide bonds. The van der Waals surface area contributed by atoms with Gasteiger partial charge in [-0.3, -0.25) is 0 Å². The molecule has 1 aliphatic carbocycles. The van der Waals surface area contributed by atoms with Crippen molar-refractivity contribution in [2.45, 2.75) is 63.0 Å². The van der Waals surface area contributed by atoms with E-state index in [1.165, 1.54) is 25.7 Å². The molecule has 4 nitrogen and oxygen atoms in total. The molecule has 0 heterocycles. The predicted molar refractivity (Wildman–Crippen MR) is 85.5 cm³/mol. The molecule has 0 spiro atoms. The Labute approximate surface area is 128 Å². The SMILES string of the molecule is CSC1CCC(NCC(O)COCCOC(C)C)CC1. The molecule has 1 aliphatic rings. The van der Waals surface area contributed by atoms with E-state index in [1.807, 2.05) is 25.6 Å². The molecule has 1 rings (SSSR count). The molecule has 5 heteroatoms. The third-order valence-corrected chi connectivity index (χ3v) is 4.78. The summed E-state index contributed by atoms with van der Waals surface area (Å²) in [4.78, 5) is 0. The van der Waals surface area contributed by atoms with Gasteiger partial charge in [0.15, 0.2) is 0 Å². The van der Waals surface area contributed by atoms with Crippen LogP contribution in [-0.4, -0.2) is 61.2 Å². The number of thioether (sulfide) groups is 1. The van der Waals surface area contributed by atoms with Crippen LogP contribution in [0.2, 0.25) is 0 Å². The van der Waals surface area contributed by atoms with Crippen molar-refractivity contribution in [3.63, 3.8) is 0 Å². The Bertz CT molecular complexity index is 233. The summed E-state index contributed by atoms with van der Waals surface area (Å²) in [5.41, 5.74) is 0. The normalized spacial score (nSPS) is 25.1. The fourth-order valence-corrected chi connectivity index (χ4v) is 3.17. The monoisotopic (exact) mass is 305 g/mol. The van der Waals surface area contributed by atoms with Crippen molar-refractivity contribution in [1.29, 1.82) is 0 Å². The van der Waals surface area contributed by atoms with Crippen LogP contribution in [0, 0.1) is 0 Å². The highest BCUT2D eigenvalue weighted by atomic mass is 32.2. The standard InChI is InChI=1S/C15H31NO3S/c1-12(2)19-9-8-18-11-14(17)10-16-13-4-6-15(20-3)7-5-13/h12-17H,4-11H2,1-3H3. The second-order valence-electron chi connectivity index (χ2n) is 5.77. The summed E-state index contributed by atoms with van der Waals surface area (Å²) in [5.74, 6) is 0. The third-order valence-electron chi connectivity index (χ3n) is 3.64. The summed E-state index contributed by atoms with van der Waals surface area (Å²) in [5, 5.41) is 14.1. The summed E-state index contributed by atoms with van der Waals surface area (Å²) in [7, 11) is 0. The van der Waals surface area contributed by atoms with Gasteiger partial charge in [-0.25, -0.2) is 0 Å². The predicted octanol–water partition coefficient (Wildman–Crippen LogP) is 2.05. The Balaban J connectivity index is 1.96. The van der Waals surface area contributed by atoms with Gasteiger partial charge in [0.2, 0.25) is 0 Å². The van der Waals surface area contributed by atoms with Crippen molar-refractivity contribution in [1.82, 2.24) is 5.32 Å². The lowest BCUT2D eigenvalue weighted by Gasteiger charge is -2.28. The van der Waals surface area contributed by atoms with Crippen LogP contribution < -0.4 is 5.32 Å². The van der Waals surface area contributed by atoms with Gasteiger partial charge in [-0.2, -0.15) is 11.8 Å². The van der Waals surface area contributed by atoms with E-state index in [1.54, 1.807) is 0 Å². The second-order valence-corrected chi connectivity index (χ2v) is 6.90. The van der Waals surface area contributed by atoms with Gasteiger partial charge in [0.1, 0.15) is 0 Å². The first-order chi connectivity index (χ1) is 9.61. The lowest BCUT2D eigenvalue weighted by atomic mass is 9.95. The highest BCUT2D eigenvalue weighted by molar-refractivity contribution is 7.99. The molecule has 0 aliphatic heterocycles. The van der Waals surface area contributed by atoms with Gasteiger partial charge in [0, 0.05) is 17.8 Å². The molecule has 120 valence electrons. The van der Waals surface area contributed by atoms with Crippen molar-refractivity contribution in [2.24, 2.45) is 0 Å². The summed E-state index contributed by atoms with van der Waals surface area (Å²) >= 11 is 1.98. The first kappa shape index (κ1) is 18.2. The summed E-state index contributed by atoms with van der Waals surface area (Å²) in [6, 6.07) is 0.567. The van der Waals surface area contributed by atoms with Crippen molar-refractivity contribution in [2.75, 3.05) is 32.6 Å². The Morgan fingerprint density at radius 2 is 1.90 bits per heavy atom. The molecule has 2 N–H and O–H groups in total. The van der Waals surface area contributed by atoms with Crippen LogP contribution in [0.25, 0.3) is 0 Å². The zero-order chi connectivity index (χ0) is 14.8. The molecule has 1 unspecified atom stereocenters. The van der Waals surface area contributed by atoms with E-state index in [0.29, 0.717) is 32.4 Å². The fourth-order valence-electron chi connectivity index (χ4n) is 2.43. The number of hydrogen-bond donors (Lipinski definition) is 2. The van der Waals surface area contributed by atoms with Gasteiger partial charge in [-0.1, -0.05) is 0 Å². The van der Waals surface area contributed by atoms with Gasteiger partial charge in [-0.15, -0.1) is 0 Å². The van der Waals surface area contributed by atoms with E-state index in [9.17, 15) is 5.11 Å². The largest absolute Gasteiger partial charge is 0.389 e. The van der Waals surface area contributed by atoms with Gasteiger partial charge in [0.25, 0.3) is 0 Å². The smallest absolute Gasteiger partial charge is 0.0897 e. The highest BCUT2D eigenvalue weighted by Crippen LogP contribution is 2.26. The third kappa shape index (κ3) is 8.47. The number of ether oxygens (including phenoxy) is 2. The molecule has 0 saturated heterocycles. The maximum Gasteiger partial charge on any atom is 0.0897 e. The van der Waals surface area contributed by atoms with Gasteiger partial charge < -0.3 is 19.9 Å². The van der Waals surface area contributed by atoms with Gasteiger partial charge in [-0.05, 0) is 45.8 Å². The average Bonchev–Trinajstić information content (AvgIpc) is 2.45. The van der Waals surface area contributed by atoms with Crippen molar-refractivity contribution in [3.8, 4) is 0 Å². The minimum atomic E-state index is -0.424. The van der Waals surface area contributed by atoms with Crippen LogP contribution in [0.4, 0.5) is 0 Å². The van der Waals surface area contributed by atoms with Gasteiger partial charge >= 0.3 is 0 Å². The van der Waals surface area contributed by atoms with Crippen LogP contribution in [-0.2, 0) is 9.47 Å². The first-order valence-electron chi connectivity index (χ1n) is 7.75. The molecular weight excluding hydrogens is 274 g/mol. The Kier molecular flexibility index (Phi) is 9.90. The topological polar surface area (TPSA) is 50.7 Å². The lowest BCUT2D eigenvalue weighted by Crippen LogP contribution is -2.40. The van der Waals surface area contributed by atoms with Gasteiger partial charge in [0.05, 0.1) is 32.0 Å². The van der Waals surface area contributed by atoms with E-state index < -0.39 is 6.10 Å². The van der Waals surface area contributed by atoms with Crippen molar-refractivity contribution in [3.05, 3.63) is 0 Å². The maximum atomic E-state index is 9.85. The van der Waals surface area contributed by atoms with E-state index in [0.717, 1.165) is 5.25 Å². The Hall–Kier alpha value is 0.190. The van der Waals surface area contributed by atoms with E-state index in [-0.39, 0.29) is 6.10 Å². The fraction of sp³-hybridized carbons (Fsp3) is 1.00. The maximum absolute atomic E-state index is 9.85. The Morgan fingerprint density at radius 3 is 2.50 bits per heavy atom. The molecular formula is C15H31NO3S. The molecule has 1 saturated carbocycles. The molecule has 1 atom stereocenters.